The van der Waals surface area contributed by atoms with E-state index in [-0.39, 0.29) is 17.7 Å². The molecule has 162 valence electrons. The van der Waals surface area contributed by atoms with Crippen molar-refractivity contribution in [2.45, 2.75) is 24.8 Å². The summed E-state index contributed by atoms with van der Waals surface area (Å²) in [5.74, 6) is 1.28. The van der Waals surface area contributed by atoms with Gasteiger partial charge in [0.25, 0.3) is 0 Å². The average molecular weight is 430 g/mol. The number of morpholine rings is 1. The molecule has 1 fully saturated rings. The van der Waals surface area contributed by atoms with Gasteiger partial charge in [0.1, 0.15) is 5.54 Å². The normalized spacial score (nSPS) is 30.3. The molecule has 0 saturated carbocycles. The van der Waals surface area contributed by atoms with E-state index >= 15 is 0 Å². The van der Waals surface area contributed by atoms with Gasteiger partial charge in [-0.2, -0.15) is 0 Å². The molecule has 1 unspecified atom stereocenters. The number of nitrogens with zero attached hydrogens (tertiary/aromatic N) is 3. The molecule has 0 bridgehead atoms. The first-order valence-corrected chi connectivity index (χ1v) is 11.5. The molecule has 3 aliphatic heterocycles. The zero-order chi connectivity index (χ0) is 21.3. The van der Waals surface area contributed by atoms with Gasteiger partial charge in [0, 0.05) is 42.4 Å². The topological polar surface area (TPSA) is 97.2 Å². The number of nitrogens with two attached hydrogens (primary N) is 2. The SMILES string of the molecule is CN1C(=O)[C@H](CCN2CCOCC2)[C@@](C)(C2=CC(c3cccc(N)c3)CS2)N=C1N. The monoisotopic (exact) mass is 429 g/mol. The van der Waals surface area contributed by atoms with E-state index in [4.69, 9.17) is 21.2 Å². The fourth-order valence-corrected chi connectivity index (χ4v) is 5.89. The maximum absolute atomic E-state index is 13.2. The van der Waals surface area contributed by atoms with Crippen molar-refractivity contribution in [2.24, 2.45) is 16.6 Å². The van der Waals surface area contributed by atoms with E-state index in [0.29, 0.717) is 5.96 Å². The number of benzene rings is 1. The van der Waals surface area contributed by atoms with Crippen molar-refractivity contribution in [1.29, 1.82) is 0 Å². The Morgan fingerprint density at radius 3 is 2.80 bits per heavy atom. The van der Waals surface area contributed by atoms with E-state index in [1.165, 1.54) is 10.5 Å². The Bertz CT molecular complexity index is 867. The summed E-state index contributed by atoms with van der Waals surface area (Å²) in [7, 11) is 1.72. The van der Waals surface area contributed by atoms with Crippen molar-refractivity contribution >= 4 is 29.3 Å². The van der Waals surface area contributed by atoms with Crippen LogP contribution in [0.3, 0.4) is 0 Å². The Morgan fingerprint density at radius 1 is 1.30 bits per heavy atom. The molecule has 30 heavy (non-hydrogen) atoms. The molecule has 1 aromatic rings. The standard InChI is InChI=1S/C22H31N5O2S/c1-22(19-13-16(14-30-19)15-4-3-5-17(23)12-15)18(20(28)26(2)21(24)25-22)6-7-27-8-10-29-11-9-27/h3-5,12-13,16,18H,6-11,14,23H2,1-2H3,(H2,24,25)/t16?,18-,22-/m0/s1. The Kier molecular flexibility index (Phi) is 6.09. The second-order valence-electron chi connectivity index (χ2n) is 8.43. The highest BCUT2D eigenvalue weighted by Crippen LogP contribution is 2.48. The van der Waals surface area contributed by atoms with Gasteiger partial charge in [-0.25, -0.2) is 4.99 Å². The first-order chi connectivity index (χ1) is 14.4. The molecule has 1 amide bonds. The van der Waals surface area contributed by atoms with Crippen molar-refractivity contribution in [1.82, 2.24) is 9.80 Å². The van der Waals surface area contributed by atoms with E-state index in [2.05, 4.69) is 24.0 Å². The van der Waals surface area contributed by atoms with Gasteiger partial charge in [-0.15, -0.1) is 11.8 Å². The van der Waals surface area contributed by atoms with E-state index in [0.717, 1.165) is 55.6 Å². The number of carbonyl (C=O) groups is 1. The molecule has 3 heterocycles. The quantitative estimate of drug-likeness (QED) is 0.694. The number of thioether (sulfide) groups is 1. The number of aliphatic imine (C=N–C) groups is 1. The number of hydrogen-bond acceptors (Lipinski definition) is 7. The molecule has 7 nitrogen and oxygen atoms in total. The van der Waals surface area contributed by atoms with Crippen LogP contribution in [0.5, 0.6) is 0 Å². The summed E-state index contributed by atoms with van der Waals surface area (Å²) in [5, 5.41) is 0. The van der Waals surface area contributed by atoms with E-state index in [9.17, 15) is 4.79 Å². The largest absolute Gasteiger partial charge is 0.399 e. The van der Waals surface area contributed by atoms with Crippen LogP contribution in [-0.4, -0.2) is 72.9 Å². The lowest BCUT2D eigenvalue weighted by Gasteiger charge is -2.41. The summed E-state index contributed by atoms with van der Waals surface area (Å²) in [6.45, 7) is 6.25. The lowest BCUT2D eigenvalue weighted by Crippen LogP contribution is -2.56. The number of anilines is 1. The van der Waals surface area contributed by atoms with Gasteiger partial charge in [-0.1, -0.05) is 18.2 Å². The number of rotatable bonds is 5. The van der Waals surface area contributed by atoms with E-state index in [1.54, 1.807) is 18.8 Å². The van der Waals surface area contributed by atoms with E-state index < -0.39 is 5.54 Å². The third-order valence-corrected chi connectivity index (χ3v) is 7.83. The number of carbonyl (C=O) groups excluding carboxylic acids is 1. The minimum Gasteiger partial charge on any atom is -0.399 e. The third-order valence-electron chi connectivity index (χ3n) is 6.44. The van der Waals surface area contributed by atoms with Crippen LogP contribution in [0.2, 0.25) is 0 Å². The van der Waals surface area contributed by atoms with Crippen LogP contribution < -0.4 is 11.5 Å². The van der Waals surface area contributed by atoms with Gasteiger partial charge in [0.15, 0.2) is 5.96 Å². The number of guanidine groups is 1. The van der Waals surface area contributed by atoms with Crippen molar-refractivity contribution in [3.8, 4) is 0 Å². The molecule has 0 aliphatic carbocycles. The van der Waals surface area contributed by atoms with Crippen LogP contribution in [0.4, 0.5) is 5.69 Å². The Hall–Kier alpha value is -2.03. The summed E-state index contributed by atoms with van der Waals surface area (Å²) in [4.78, 5) is 23.1. The molecule has 1 aromatic carbocycles. The molecular weight excluding hydrogens is 398 g/mol. The Balaban J connectivity index is 1.60. The van der Waals surface area contributed by atoms with Crippen LogP contribution >= 0.6 is 11.8 Å². The highest BCUT2D eigenvalue weighted by atomic mass is 32.2. The van der Waals surface area contributed by atoms with Gasteiger partial charge in [0.2, 0.25) is 5.91 Å². The minimum absolute atomic E-state index is 0.0483. The average Bonchev–Trinajstić information content (AvgIpc) is 3.24. The zero-order valence-electron chi connectivity index (χ0n) is 17.7. The van der Waals surface area contributed by atoms with Crippen LogP contribution in [0.1, 0.15) is 24.8 Å². The van der Waals surface area contributed by atoms with Gasteiger partial charge in [-0.3, -0.25) is 14.6 Å². The van der Waals surface area contributed by atoms with Crippen LogP contribution in [0, 0.1) is 5.92 Å². The molecule has 0 spiro atoms. The predicted octanol–water partition coefficient (Wildman–Crippen LogP) is 1.87. The predicted molar refractivity (Wildman–Crippen MR) is 122 cm³/mol. The molecule has 4 rings (SSSR count). The Morgan fingerprint density at radius 2 is 2.07 bits per heavy atom. The molecule has 3 atom stereocenters. The Labute approximate surface area is 182 Å². The van der Waals surface area contributed by atoms with Crippen molar-refractivity contribution in [2.75, 3.05) is 51.4 Å². The molecular formula is C22H31N5O2S. The number of ether oxygens (including phenoxy) is 1. The lowest BCUT2D eigenvalue weighted by molar-refractivity contribution is -0.133. The second-order valence-corrected chi connectivity index (χ2v) is 9.49. The van der Waals surface area contributed by atoms with Gasteiger partial charge < -0.3 is 16.2 Å². The number of amides is 1. The first-order valence-electron chi connectivity index (χ1n) is 10.5. The summed E-state index contributed by atoms with van der Waals surface area (Å²) < 4.78 is 5.45. The fourth-order valence-electron chi connectivity index (χ4n) is 4.50. The van der Waals surface area contributed by atoms with Crippen molar-refractivity contribution in [3.05, 3.63) is 40.8 Å². The molecule has 0 radical (unpaired) electrons. The minimum atomic E-state index is -0.639. The highest BCUT2D eigenvalue weighted by Gasteiger charge is 2.48. The summed E-state index contributed by atoms with van der Waals surface area (Å²) >= 11 is 1.78. The second kappa shape index (κ2) is 8.61. The fraction of sp³-hybridized carbons (Fsp3) is 0.545. The van der Waals surface area contributed by atoms with Crippen LogP contribution in [0.15, 0.2) is 40.2 Å². The summed E-state index contributed by atoms with van der Waals surface area (Å²) in [5.41, 5.74) is 13.5. The summed E-state index contributed by atoms with van der Waals surface area (Å²) in [6.07, 6.45) is 3.01. The molecule has 4 N–H and O–H groups in total. The molecule has 0 aromatic heterocycles. The first kappa shape index (κ1) is 21.2. The zero-order valence-corrected chi connectivity index (χ0v) is 18.5. The van der Waals surface area contributed by atoms with Crippen molar-refractivity contribution in [3.63, 3.8) is 0 Å². The number of allylic oxidation sites excluding steroid dienone is 1. The smallest absolute Gasteiger partial charge is 0.234 e. The van der Waals surface area contributed by atoms with Gasteiger partial charge in [0.05, 0.1) is 19.1 Å². The van der Waals surface area contributed by atoms with Crippen LogP contribution in [0.25, 0.3) is 0 Å². The maximum atomic E-state index is 13.2. The van der Waals surface area contributed by atoms with Gasteiger partial charge in [-0.05, 0) is 37.6 Å². The number of nitrogen functional groups attached to an aromatic ring is 1. The number of hydrogen-bond donors (Lipinski definition) is 2. The molecule has 8 heteroatoms. The molecule has 3 aliphatic rings. The molecule has 1 saturated heterocycles. The highest BCUT2D eigenvalue weighted by molar-refractivity contribution is 8.03. The van der Waals surface area contributed by atoms with E-state index in [1.807, 2.05) is 18.2 Å². The lowest BCUT2D eigenvalue weighted by atomic mass is 9.79. The van der Waals surface area contributed by atoms with Gasteiger partial charge >= 0.3 is 0 Å². The third kappa shape index (κ3) is 4.08. The van der Waals surface area contributed by atoms with Crippen LogP contribution in [-0.2, 0) is 9.53 Å². The maximum Gasteiger partial charge on any atom is 0.234 e. The van der Waals surface area contributed by atoms with Crippen molar-refractivity contribution < 1.29 is 9.53 Å². The summed E-state index contributed by atoms with van der Waals surface area (Å²) in [6, 6.07) is 8.03.